The lowest BCUT2D eigenvalue weighted by Crippen LogP contribution is -2.29. The Hall–Kier alpha value is -2.10. The molecule has 1 fully saturated rings. The van der Waals surface area contributed by atoms with E-state index in [2.05, 4.69) is 22.3 Å². The van der Waals surface area contributed by atoms with Gasteiger partial charge in [-0.3, -0.25) is 9.69 Å². The molecule has 0 bridgehead atoms. The zero-order valence-electron chi connectivity index (χ0n) is 14.2. The van der Waals surface area contributed by atoms with Crippen molar-refractivity contribution in [2.75, 3.05) is 18.4 Å². The minimum atomic E-state index is -0.140. The van der Waals surface area contributed by atoms with Crippen molar-refractivity contribution < 1.29 is 4.79 Å². The van der Waals surface area contributed by atoms with E-state index in [4.69, 9.17) is 11.6 Å². The number of hydrogen-bond donors (Lipinski definition) is 1. The van der Waals surface area contributed by atoms with Crippen LogP contribution >= 0.6 is 11.6 Å². The van der Waals surface area contributed by atoms with Crippen molar-refractivity contribution in [3.05, 3.63) is 70.8 Å². The predicted octanol–water partition coefficient (Wildman–Crippen LogP) is 4.98. The summed E-state index contributed by atoms with van der Waals surface area (Å²) in [5.74, 6) is -0.140. The van der Waals surface area contributed by atoms with E-state index in [1.165, 1.54) is 44.0 Å². The highest BCUT2D eigenvalue weighted by molar-refractivity contribution is 6.30. The second-order valence-corrected chi connectivity index (χ2v) is 6.84. The van der Waals surface area contributed by atoms with Crippen molar-refractivity contribution in [2.45, 2.75) is 25.8 Å². The van der Waals surface area contributed by atoms with Crippen molar-refractivity contribution in [1.82, 2.24) is 4.90 Å². The van der Waals surface area contributed by atoms with E-state index in [0.717, 1.165) is 17.8 Å². The van der Waals surface area contributed by atoms with Crippen molar-refractivity contribution in [3.8, 4) is 0 Å². The summed E-state index contributed by atoms with van der Waals surface area (Å²) < 4.78 is 0. The molecule has 3 rings (SSSR count). The van der Waals surface area contributed by atoms with Gasteiger partial charge in [-0.15, -0.1) is 0 Å². The molecular formula is C21H23ClN2O. The third kappa shape index (κ3) is 5.73. The van der Waals surface area contributed by atoms with Gasteiger partial charge in [-0.1, -0.05) is 42.3 Å². The summed E-state index contributed by atoms with van der Waals surface area (Å²) in [6.45, 7) is 3.37. The third-order valence-corrected chi connectivity index (χ3v) is 4.63. The standard InChI is InChI=1S/C21H23ClN2O/c22-19-9-4-17(5-10-19)8-13-21(25)23-20-11-6-18(7-12-20)16-24-14-2-1-3-15-24/h4-13H,1-3,14-16H2,(H,23,25)/b13-8+. The molecule has 3 nitrogen and oxygen atoms in total. The van der Waals surface area contributed by atoms with E-state index < -0.39 is 0 Å². The van der Waals surface area contributed by atoms with Crippen LogP contribution in [0.2, 0.25) is 5.02 Å². The zero-order valence-corrected chi connectivity index (χ0v) is 15.0. The fourth-order valence-electron chi connectivity index (χ4n) is 3.00. The van der Waals surface area contributed by atoms with Gasteiger partial charge in [-0.25, -0.2) is 0 Å². The van der Waals surface area contributed by atoms with Crippen LogP contribution < -0.4 is 5.32 Å². The quantitative estimate of drug-likeness (QED) is 0.768. The number of amides is 1. The molecule has 0 atom stereocenters. The number of rotatable bonds is 5. The predicted molar refractivity (Wildman–Crippen MR) is 105 cm³/mol. The molecule has 0 unspecified atom stereocenters. The second-order valence-electron chi connectivity index (χ2n) is 6.41. The van der Waals surface area contributed by atoms with E-state index in [1.54, 1.807) is 18.2 Å². The number of piperidine rings is 1. The van der Waals surface area contributed by atoms with E-state index in [9.17, 15) is 4.79 Å². The number of halogens is 1. The van der Waals surface area contributed by atoms with E-state index in [0.29, 0.717) is 5.02 Å². The van der Waals surface area contributed by atoms with Crippen molar-refractivity contribution >= 4 is 29.3 Å². The van der Waals surface area contributed by atoms with Crippen LogP contribution in [0.15, 0.2) is 54.6 Å². The number of anilines is 1. The summed E-state index contributed by atoms with van der Waals surface area (Å²) >= 11 is 5.85. The first-order valence-electron chi connectivity index (χ1n) is 8.75. The summed E-state index contributed by atoms with van der Waals surface area (Å²) in [6, 6.07) is 15.5. The Balaban J connectivity index is 1.51. The fourth-order valence-corrected chi connectivity index (χ4v) is 3.12. The molecule has 0 aliphatic carbocycles. The monoisotopic (exact) mass is 354 g/mol. The van der Waals surface area contributed by atoms with Crippen molar-refractivity contribution in [1.29, 1.82) is 0 Å². The van der Waals surface area contributed by atoms with Crippen LogP contribution in [0.1, 0.15) is 30.4 Å². The molecule has 0 spiro atoms. The van der Waals surface area contributed by atoms with Crippen molar-refractivity contribution in [3.63, 3.8) is 0 Å². The van der Waals surface area contributed by atoms with Crippen molar-refractivity contribution in [2.24, 2.45) is 0 Å². The Morgan fingerprint density at radius 3 is 2.36 bits per heavy atom. The van der Waals surface area contributed by atoms with Gasteiger partial charge in [0.05, 0.1) is 0 Å². The van der Waals surface area contributed by atoms with Gasteiger partial charge in [-0.05, 0) is 67.4 Å². The number of nitrogens with zero attached hydrogens (tertiary/aromatic N) is 1. The summed E-state index contributed by atoms with van der Waals surface area (Å²) in [6.07, 6.45) is 7.26. The molecule has 25 heavy (non-hydrogen) atoms. The molecule has 2 aromatic carbocycles. The highest BCUT2D eigenvalue weighted by Gasteiger charge is 2.10. The normalized spacial score (nSPS) is 15.4. The van der Waals surface area contributed by atoms with Crippen LogP contribution in [0.4, 0.5) is 5.69 Å². The Bertz CT molecular complexity index is 717. The topological polar surface area (TPSA) is 32.3 Å². The van der Waals surface area contributed by atoms with Gasteiger partial charge < -0.3 is 5.32 Å². The average molecular weight is 355 g/mol. The number of benzene rings is 2. The molecule has 1 aliphatic rings. The van der Waals surface area contributed by atoms with Gasteiger partial charge in [-0.2, -0.15) is 0 Å². The average Bonchev–Trinajstić information content (AvgIpc) is 2.64. The number of carbonyl (C=O) groups excluding carboxylic acids is 1. The van der Waals surface area contributed by atoms with Gasteiger partial charge in [0, 0.05) is 23.3 Å². The highest BCUT2D eigenvalue weighted by atomic mass is 35.5. The summed E-state index contributed by atoms with van der Waals surface area (Å²) in [5, 5.41) is 3.58. The third-order valence-electron chi connectivity index (χ3n) is 4.37. The molecule has 1 heterocycles. The molecule has 0 aromatic heterocycles. The zero-order chi connectivity index (χ0) is 17.5. The Morgan fingerprint density at radius 1 is 1.00 bits per heavy atom. The lowest BCUT2D eigenvalue weighted by Gasteiger charge is -2.26. The van der Waals surface area contributed by atoms with Gasteiger partial charge in [0.15, 0.2) is 0 Å². The Morgan fingerprint density at radius 2 is 1.68 bits per heavy atom. The van der Waals surface area contributed by atoms with Gasteiger partial charge in [0.25, 0.3) is 0 Å². The summed E-state index contributed by atoms with van der Waals surface area (Å²) in [4.78, 5) is 14.5. The molecule has 1 N–H and O–H groups in total. The maximum Gasteiger partial charge on any atom is 0.248 e. The van der Waals surface area contributed by atoms with Crippen LogP contribution in [-0.2, 0) is 11.3 Å². The number of carbonyl (C=O) groups is 1. The summed E-state index contributed by atoms with van der Waals surface area (Å²) in [7, 11) is 0. The van der Waals surface area contributed by atoms with E-state index in [-0.39, 0.29) is 5.91 Å². The molecule has 130 valence electrons. The lowest BCUT2D eigenvalue weighted by molar-refractivity contribution is -0.111. The largest absolute Gasteiger partial charge is 0.323 e. The molecule has 4 heteroatoms. The summed E-state index contributed by atoms with van der Waals surface area (Å²) in [5.41, 5.74) is 3.04. The molecule has 1 saturated heterocycles. The number of nitrogens with one attached hydrogen (secondary N) is 1. The minimum absolute atomic E-state index is 0.140. The van der Waals surface area contributed by atoms with E-state index >= 15 is 0 Å². The maximum atomic E-state index is 12.0. The first-order chi connectivity index (χ1) is 12.2. The van der Waals surface area contributed by atoms with Gasteiger partial charge in [0.1, 0.15) is 0 Å². The SMILES string of the molecule is O=C(/C=C/c1ccc(Cl)cc1)Nc1ccc(CN2CCCCC2)cc1. The lowest BCUT2D eigenvalue weighted by atomic mass is 10.1. The molecule has 1 aliphatic heterocycles. The van der Waals surface area contributed by atoms with Crippen LogP contribution in [0, 0.1) is 0 Å². The fraction of sp³-hybridized carbons (Fsp3) is 0.286. The van der Waals surface area contributed by atoms with Gasteiger partial charge in [0.2, 0.25) is 5.91 Å². The van der Waals surface area contributed by atoms with Crippen LogP contribution in [-0.4, -0.2) is 23.9 Å². The Labute approximate surface area is 154 Å². The molecule has 2 aromatic rings. The molecule has 1 amide bonds. The maximum absolute atomic E-state index is 12.0. The smallest absolute Gasteiger partial charge is 0.248 e. The minimum Gasteiger partial charge on any atom is -0.323 e. The number of likely N-dealkylation sites (tertiary alicyclic amines) is 1. The van der Waals surface area contributed by atoms with E-state index in [1.807, 2.05) is 24.3 Å². The second kappa shape index (κ2) is 8.84. The molecule has 0 radical (unpaired) electrons. The molecular weight excluding hydrogens is 332 g/mol. The first kappa shape index (κ1) is 17.7. The van der Waals surface area contributed by atoms with Crippen LogP contribution in [0.3, 0.4) is 0 Å². The number of hydrogen-bond acceptors (Lipinski definition) is 2. The molecule has 0 saturated carbocycles. The van der Waals surface area contributed by atoms with Crippen LogP contribution in [0.25, 0.3) is 6.08 Å². The highest BCUT2D eigenvalue weighted by Crippen LogP contribution is 2.15. The first-order valence-corrected chi connectivity index (χ1v) is 9.13. The van der Waals surface area contributed by atoms with Crippen LogP contribution in [0.5, 0.6) is 0 Å². The van der Waals surface area contributed by atoms with Gasteiger partial charge >= 0.3 is 0 Å². The Kier molecular flexibility index (Phi) is 6.26.